The summed E-state index contributed by atoms with van der Waals surface area (Å²) in [6.45, 7) is 6.48. The van der Waals surface area contributed by atoms with Gasteiger partial charge < -0.3 is 4.74 Å². The van der Waals surface area contributed by atoms with Gasteiger partial charge >= 0.3 is 5.97 Å². The fraction of sp³-hybridized carbons (Fsp3) is 0.500. The molecule has 6 heteroatoms. The van der Waals surface area contributed by atoms with Crippen LogP contribution in [0.5, 0.6) is 0 Å². The Morgan fingerprint density at radius 3 is 2.95 bits per heavy atom. The molecule has 0 radical (unpaired) electrons. The van der Waals surface area contributed by atoms with Crippen LogP contribution in [0.25, 0.3) is 0 Å². The lowest BCUT2D eigenvalue weighted by molar-refractivity contribution is 0.0461. The first-order chi connectivity index (χ1) is 9.58. The van der Waals surface area contributed by atoms with Gasteiger partial charge in [0.05, 0.1) is 10.7 Å². The summed E-state index contributed by atoms with van der Waals surface area (Å²) in [6, 6.07) is 1.75. The summed E-state index contributed by atoms with van der Waals surface area (Å²) in [4.78, 5) is 16.2. The number of aromatic amines is 1. The number of esters is 1. The molecule has 2 rings (SSSR count). The van der Waals surface area contributed by atoms with Gasteiger partial charge in [0.2, 0.25) is 0 Å². The Balaban J connectivity index is 1.89. The zero-order valence-corrected chi connectivity index (χ0v) is 12.8. The number of thiazole rings is 1. The summed E-state index contributed by atoms with van der Waals surface area (Å²) in [5, 5.41) is 9.82. The van der Waals surface area contributed by atoms with Gasteiger partial charge in [-0.3, -0.25) is 5.10 Å². The van der Waals surface area contributed by atoms with Crippen molar-refractivity contribution in [3.05, 3.63) is 33.5 Å². The summed E-state index contributed by atoms with van der Waals surface area (Å²) < 4.78 is 5.21. The van der Waals surface area contributed by atoms with Crippen molar-refractivity contribution in [3.8, 4) is 0 Å². The van der Waals surface area contributed by atoms with E-state index in [2.05, 4.69) is 36.0 Å². The molecular formula is C14H19N3O2S. The molecule has 0 saturated heterocycles. The zero-order valence-electron chi connectivity index (χ0n) is 12.0. The summed E-state index contributed by atoms with van der Waals surface area (Å²) in [5.74, 6) is 0.101. The average Bonchev–Trinajstić information content (AvgIpc) is 3.04. The maximum absolute atomic E-state index is 11.9. The molecule has 0 saturated carbocycles. The number of nitrogens with one attached hydrogen (secondary N) is 1. The number of carbonyl (C=O) groups excluding carboxylic acids is 1. The first-order valence-corrected chi connectivity index (χ1v) is 7.61. The molecule has 2 aromatic heterocycles. The Morgan fingerprint density at radius 1 is 1.50 bits per heavy atom. The van der Waals surface area contributed by atoms with Gasteiger partial charge in [0.15, 0.2) is 5.69 Å². The molecule has 1 N–H and O–H groups in total. The number of carbonyl (C=O) groups is 1. The van der Waals surface area contributed by atoms with Crippen LogP contribution in [0.3, 0.4) is 0 Å². The van der Waals surface area contributed by atoms with Crippen LogP contribution in [-0.4, -0.2) is 21.2 Å². The number of aromatic nitrogens is 3. The number of ether oxygens (including phenoxy) is 1. The number of H-pyrrole nitrogens is 1. The molecule has 2 heterocycles. The van der Waals surface area contributed by atoms with Gasteiger partial charge in [0, 0.05) is 11.1 Å². The molecule has 0 aliphatic carbocycles. The van der Waals surface area contributed by atoms with Crippen molar-refractivity contribution in [1.29, 1.82) is 0 Å². The molecule has 0 bridgehead atoms. The average molecular weight is 293 g/mol. The smallest absolute Gasteiger partial charge is 0.359 e. The minimum Gasteiger partial charge on any atom is -0.454 e. The molecule has 0 atom stereocenters. The van der Waals surface area contributed by atoms with Crippen molar-refractivity contribution in [2.75, 3.05) is 0 Å². The van der Waals surface area contributed by atoms with E-state index in [4.69, 9.17) is 4.74 Å². The first kappa shape index (κ1) is 14.7. The Hall–Kier alpha value is -1.69. The van der Waals surface area contributed by atoms with Gasteiger partial charge in [-0.2, -0.15) is 5.10 Å². The Bertz CT molecular complexity index is 574. The lowest BCUT2D eigenvalue weighted by Crippen LogP contribution is -2.06. The van der Waals surface area contributed by atoms with Crippen molar-refractivity contribution in [2.24, 2.45) is 5.92 Å². The van der Waals surface area contributed by atoms with Crippen LogP contribution >= 0.6 is 11.3 Å². The van der Waals surface area contributed by atoms with Crippen LogP contribution in [-0.2, 0) is 24.2 Å². The van der Waals surface area contributed by atoms with E-state index in [-0.39, 0.29) is 6.61 Å². The lowest BCUT2D eigenvalue weighted by Gasteiger charge is -2.00. The highest BCUT2D eigenvalue weighted by atomic mass is 32.1. The van der Waals surface area contributed by atoms with E-state index in [1.54, 1.807) is 17.4 Å². The van der Waals surface area contributed by atoms with Crippen molar-refractivity contribution < 1.29 is 9.53 Å². The maximum Gasteiger partial charge on any atom is 0.359 e. The first-order valence-electron chi connectivity index (χ1n) is 6.73. The minimum absolute atomic E-state index is 0.196. The molecule has 0 aliphatic heterocycles. The van der Waals surface area contributed by atoms with Gasteiger partial charge in [-0.1, -0.05) is 20.8 Å². The van der Waals surface area contributed by atoms with Crippen molar-refractivity contribution in [3.63, 3.8) is 0 Å². The van der Waals surface area contributed by atoms with Crippen molar-refractivity contribution in [1.82, 2.24) is 15.2 Å². The second-order valence-corrected chi connectivity index (χ2v) is 5.98. The summed E-state index contributed by atoms with van der Waals surface area (Å²) >= 11 is 1.58. The number of hydrogen-bond donors (Lipinski definition) is 1. The van der Waals surface area contributed by atoms with Gasteiger partial charge in [0.1, 0.15) is 6.61 Å². The van der Waals surface area contributed by atoms with E-state index in [0.717, 1.165) is 29.2 Å². The third kappa shape index (κ3) is 3.90. The number of rotatable bonds is 6. The molecule has 0 aromatic carbocycles. The SMILES string of the molecule is CCc1nc(COC(=O)c2cc(CC(C)C)[nH]n2)cs1. The number of hydrogen-bond acceptors (Lipinski definition) is 5. The predicted molar refractivity (Wildman–Crippen MR) is 77.7 cm³/mol. The quantitative estimate of drug-likeness (QED) is 0.831. The standard InChI is InChI=1S/C14H19N3O2S/c1-4-13-15-11(8-20-13)7-19-14(18)12-6-10(16-17-12)5-9(2)3/h6,8-9H,4-5,7H2,1-3H3,(H,16,17). The van der Waals surface area contributed by atoms with E-state index in [1.165, 1.54) is 0 Å². The van der Waals surface area contributed by atoms with E-state index in [9.17, 15) is 4.79 Å². The summed E-state index contributed by atoms with van der Waals surface area (Å²) in [5.41, 5.74) is 2.07. The molecule has 2 aromatic rings. The maximum atomic E-state index is 11.9. The lowest BCUT2D eigenvalue weighted by atomic mass is 10.1. The van der Waals surface area contributed by atoms with Crippen molar-refractivity contribution in [2.45, 2.75) is 40.2 Å². The van der Waals surface area contributed by atoms with Crippen LogP contribution in [0.1, 0.15) is 47.7 Å². The van der Waals surface area contributed by atoms with Crippen LogP contribution in [0, 0.1) is 5.92 Å². The molecule has 5 nitrogen and oxygen atoms in total. The molecule has 0 fully saturated rings. The highest BCUT2D eigenvalue weighted by Gasteiger charge is 2.13. The fourth-order valence-corrected chi connectivity index (χ4v) is 2.53. The van der Waals surface area contributed by atoms with Gasteiger partial charge in [-0.25, -0.2) is 9.78 Å². The third-order valence-electron chi connectivity index (χ3n) is 2.72. The van der Waals surface area contributed by atoms with E-state index < -0.39 is 5.97 Å². The molecule has 0 spiro atoms. The summed E-state index contributed by atoms with van der Waals surface area (Å²) in [6.07, 6.45) is 1.77. The second-order valence-electron chi connectivity index (χ2n) is 5.04. The largest absolute Gasteiger partial charge is 0.454 e. The third-order valence-corrected chi connectivity index (χ3v) is 3.76. The topological polar surface area (TPSA) is 67.9 Å². The van der Waals surface area contributed by atoms with E-state index in [1.807, 2.05) is 5.38 Å². The Morgan fingerprint density at radius 2 is 2.30 bits per heavy atom. The molecule has 20 heavy (non-hydrogen) atoms. The molecule has 108 valence electrons. The van der Waals surface area contributed by atoms with Gasteiger partial charge in [-0.15, -0.1) is 11.3 Å². The van der Waals surface area contributed by atoms with E-state index in [0.29, 0.717) is 11.6 Å². The molecule has 0 aliphatic rings. The number of aryl methyl sites for hydroxylation is 1. The highest BCUT2D eigenvalue weighted by molar-refractivity contribution is 7.09. The van der Waals surface area contributed by atoms with Crippen LogP contribution in [0.4, 0.5) is 0 Å². The van der Waals surface area contributed by atoms with Crippen molar-refractivity contribution >= 4 is 17.3 Å². The Kier molecular flexibility index (Phi) is 4.89. The normalized spacial score (nSPS) is 11.0. The van der Waals surface area contributed by atoms with Crippen LogP contribution < -0.4 is 0 Å². The monoisotopic (exact) mass is 293 g/mol. The fourth-order valence-electron chi connectivity index (χ4n) is 1.80. The number of nitrogens with zero attached hydrogens (tertiary/aromatic N) is 2. The van der Waals surface area contributed by atoms with Gasteiger partial charge in [-0.05, 0) is 24.8 Å². The zero-order chi connectivity index (χ0) is 14.5. The summed E-state index contributed by atoms with van der Waals surface area (Å²) in [7, 11) is 0. The Labute approximate surface area is 122 Å². The highest BCUT2D eigenvalue weighted by Crippen LogP contribution is 2.12. The molecule has 0 amide bonds. The van der Waals surface area contributed by atoms with E-state index >= 15 is 0 Å². The minimum atomic E-state index is -0.415. The van der Waals surface area contributed by atoms with Gasteiger partial charge in [0.25, 0.3) is 0 Å². The predicted octanol–water partition coefficient (Wildman–Crippen LogP) is 2.98. The molecule has 0 unspecified atom stereocenters. The van der Waals surface area contributed by atoms with Crippen LogP contribution in [0.15, 0.2) is 11.4 Å². The van der Waals surface area contributed by atoms with Crippen LogP contribution in [0.2, 0.25) is 0 Å². The second kappa shape index (κ2) is 6.65. The molecular weight excluding hydrogens is 274 g/mol.